The van der Waals surface area contributed by atoms with Crippen molar-refractivity contribution in [1.82, 2.24) is 10.2 Å². The molecule has 1 unspecified atom stereocenters. The monoisotopic (exact) mass is 430 g/mol. The average Bonchev–Trinajstić information content (AvgIpc) is 2.75. The molecule has 1 atom stereocenters. The number of carbonyl (C=O) groups excluding carboxylic acids is 2. The van der Waals surface area contributed by atoms with E-state index in [1.165, 1.54) is 10.8 Å². The molecule has 0 saturated carbocycles. The molecule has 0 aromatic heterocycles. The SMILES string of the molecule is Cc1ccccc1CN(C(=O)CCc1cccc2ccccc12)C(C)C(=O)NC(C)(C)C. The third kappa shape index (κ3) is 5.97. The van der Waals surface area contributed by atoms with Gasteiger partial charge in [0.15, 0.2) is 0 Å². The number of nitrogens with zero attached hydrogens (tertiary/aromatic N) is 1. The quantitative estimate of drug-likeness (QED) is 0.545. The topological polar surface area (TPSA) is 49.4 Å². The summed E-state index contributed by atoms with van der Waals surface area (Å²) in [5.74, 6) is -0.151. The summed E-state index contributed by atoms with van der Waals surface area (Å²) < 4.78 is 0. The van der Waals surface area contributed by atoms with Gasteiger partial charge in [-0.2, -0.15) is 0 Å². The Bertz CT molecular complexity index is 1090. The molecule has 0 bridgehead atoms. The van der Waals surface area contributed by atoms with Crippen molar-refractivity contribution in [2.24, 2.45) is 0 Å². The predicted molar refractivity (Wildman–Crippen MR) is 131 cm³/mol. The molecular weight excluding hydrogens is 396 g/mol. The maximum Gasteiger partial charge on any atom is 0.242 e. The summed E-state index contributed by atoms with van der Waals surface area (Å²) >= 11 is 0. The van der Waals surface area contributed by atoms with Crippen molar-refractivity contribution in [2.75, 3.05) is 0 Å². The normalized spacial score (nSPS) is 12.4. The van der Waals surface area contributed by atoms with Crippen molar-refractivity contribution in [1.29, 1.82) is 0 Å². The first kappa shape index (κ1) is 23.5. The number of fused-ring (bicyclic) bond motifs is 1. The van der Waals surface area contributed by atoms with Gasteiger partial charge < -0.3 is 10.2 Å². The van der Waals surface area contributed by atoms with E-state index in [-0.39, 0.29) is 17.4 Å². The van der Waals surface area contributed by atoms with Gasteiger partial charge in [0.25, 0.3) is 0 Å². The summed E-state index contributed by atoms with van der Waals surface area (Å²) in [4.78, 5) is 28.1. The zero-order chi connectivity index (χ0) is 23.3. The van der Waals surface area contributed by atoms with Crippen LogP contribution in [0.15, 0.2) is 66.7 Å². The highest BCUT2D eigenvalue weighted by atomic mass is 16.2. The number of hydrogen-bond acceptors (Lipinski definition) is 2. The molecule has 0 spiro atoms. The highest BCUT2D eigenvalue weighted by molar-refractivity contribution is 5.89. The van der Waals surface area contributed by atoms with Crippen molar-refractivity contribution >= 4 is 22.6 Å². The molecule has 0 heterocycles. The summed E-state index contributed by atoms with van der Waals surface area (Å²) in [5, 5.41) is 5.37. The summed E-state index contributed by atoms with van der Waals surface area (Å²) in [6, 6.07) is 21.9. The van der Waals surface area contributed by atoms with Crippen molar-refractivity contribution < 1.29 is 9.59 Å². The Labute approximate surface area is 191 Å². The van der Waals surface area contributed by atoms with Crippen LogP contribution in [-0.2, 0) is 22.6 Å². The molecule has 0 aliphatic rings. The molecule has 3 aromatic carbocycles. The molecule has 4 heteroatoms. The molecule has 168 valence electrons. The molecule has 0 aliphatic carbocycles. The Morgan fingerprint density at radius 1 is 0.906 bits per heavy atom. The molecule has 0 aliphatic heterocycles. The van der Waals surface area contributed by atoms with E-state index in [1.54, 1.807) is 4.90 Å². The largest absolute Gasteiger partial charge is 0.350 e. The van der Waals surface area contributed by atoms with E-state index in [0.717, 1.165) is 16.7 Å². The minimum atomic E-state index is -0.561. The number of nitrogens with one attached hydrogen (secondary N) is 1. The van der Waals surface area contributed by atoms with Crippen LogP contribution in [0.25, 0.3) is 10.8 Å². The summed E-state index contributed by atoms with van der Waals surface area (Å²) in [6.45, 7) is 10.1. The van der Waals surface area contributed by atoms with Crippen molar-refractivity contribution in [3.05, 3.63) is 83.4 Å². The number of aryl methyl sites for hydroxylation is 2. The van der Waals surface area contributed by atoms with Crippen LogP contribution in [0.5, 0.6) is 0 Å². The van der Waals surface area contributed by atoms with E-state index in [2.05, 4.69) is 29.6 Å². The molecule has 3 aromatic rings. The van der Waals surface area contributed by atoms with Gasteiger partial charge in [0.05, 0.1) is 0 Å². The molecule has 0 saturated heterocycles. The maximum absolute atomic E-state index is 13.4. The Hall–Kier alpha value is -3.14. The van der Waals surface area contributed by atoms with Gasteiger partial charge in [-0.05, 0) is 68.5 Å². The van der Waals surface area contributed by atoms with Gasteiger partial charge in [0.2, 0.25) is 11.8 Å². The van der Waals surface area contributed by atoms with E-state index >= 15 is 0 Å². The molecule has 4 nitrogen and oxygen atoms in total. The van der Waals surface area contributed by atoms with Gasteiger partial charge in [-0.1, -0.05) is 66.7 Å². The van der Waals surface area contributed by atoms with Crippen molar-refractivity contribution in [2.45, 2.75) is 65.6 Å². The first-order valence-electron chi connectivity index (χ1n) is 11.3. The predicted octanol–water partition coefficient (Wildman–Crippen LogP) is 5.41. The Morgan fingerprint density at radius 2 is 1.53 bits per heavy atom. The van der Waals surface area contributed by atoms with E-state index in [9.17, 15) is 9.59 Å². The zero-order valence-electron chi connectivity index (χ0n) is 19.8. The van der Waals surface area contributed by atoms with Crippen LogP contribution in [0.4, 0.5) is 0 Å². The molecule has 3 rings (SSSR count). The second-order valence-electron chi connectivity index (χ2n) is 9.50. The number of amides is 2. The summed E-state index contributed by atoms with van der Waals surface area (Å²) in [7, 11) is 0. The van der Waals surface area contributed by atoms with Gasteiger partial charge in [0.1, 0.15) is 6.04 Å². The van der Waals surface area contributed by atoms with Gasteiger partial charge in [-0.3, -0.25) is 9.59 Å². The van der Waals surface area contributed by atoms with Crippen LogP contribution < -0.4 is 5.32 Å². The van der Waals surface area contributed by atoms with Crippen LogP contribution >= 0.6 is 0 Å². The van der Waals surface area contributed by atoms with Crippen LogP contribution in [0.3, 0.4) is 0 Å². The molecule has 32 heavy (non-hydrogen) atoms. The minimum absolute atomic E-state index is 0.0160. The lowest BCUT2D eigenvalue weighted by molar-refractivity contribution is -0.141. The first-order valence-corrected chi connectivity index (χ1v) is 11.3. The number of carbonyl (C=O) groups is 2. The lowest BCUT2D eigenvalue weighted by Crippen LogP contribution is -2.52. The minimum Gasteiger partial charge on any atom is -0.350 e. The van der Waals surface area contributed by atoms with E-state index in [1.807, 2.05) is 77.1 Å². The third-order valence-electron chi connectivity index (χ3n) is 5.76. The fourth-order valence-corrected chi connectivity index (χ4v) is 3.92. The first-order chi connectivity index (χ1) is 15.2. The zero-order valence-corrected chi connectivity index (χ0v) is 19.8. The molecule has 0 radical (unpaired) electrons. The lowest BCUT2D eigenvalue weighted by Gasteiger charge is -2.32. The molecule has 0 fully saturated rings. The van der Waals surface area contributed by atoms with Gasteiger partial charge >= 0.3 is 0 Å². The van der Waals surface area contributed by atoms with Gasteiger partial charge in [-0.15, -0.1) is 0 Å². The van der Waals surface area contributed by atoms with Crippen LogP contribution in [-0.4, -0.2) is 28.3 Å². The highest BCUT2D eigenvalue weighted by Gasteiger charge is 2.28. The fraction of sp³-hybridized carbons (Fsp3) is 0.357. The van der Waals surface area contributed by atoms with E-state index < -0.39 is 6.04 Å². The maximum atomic E-state index is 13.4. The number of hydrogen-bond donors (Lipinski definition) is 1. The van der Waals surface area contributed by atoms with Crippen molar-refractivity contribution in [3.63, 3.8) is 0 Å². The highest BCUT2D eigenvalue weighted by Crippen LogP contribution is 2.21. The van der Waals surface area contributed by atoms with Gasteiger partial charge in [-0.25, -0.2) is 0 Å². The van der Waals surface area contributed by atoms with Crippen LogP contribution in [0.2, 0.25) is 0 Å². The third-order valence-corrected chi connectivity index (χ3v) is 5.76. The summed E-state index contributed by atoms with van der Waals surface area (Å²) in [5.41, 5.74) is 2.97. The Kier molecular flexibility index (Phi) is 7.34. The average molecular weight is 431 g/mol. The molecule has 1 N–H and O–H groups in total. The van der Waals surface area contributed by atoms with Crippen LogP contribution in [0, 0.1) is 6.92 Å². The van der Waals surface area contributed by atoms with E-state index in [0.29, 0.717) is 19.4 Å². The van der Waals surface area contributed by atoms with E-state index in [4.69, 9.17) is 0 Å². The van der Waals surface area contributed by atoms with Crippen LogP contribution in [0.1, 0.15) is 50.8 Å². The second kappa shape index (κ2) is 9.99. The Morgan fingerprint density at radius 3 is 2.25 bits per heavy atom. The Balaban J connectivity index is 1.82. The number of benzene rings is 3. The molecule has 2 amide bonds. The fourth-order valence-electron chi connectivity index (χ4n) is 3.92. The smallest absolute Gasteiger partial charge is 0.242 e. The number of rotatable bonds is 7. The summed E-state index contributed by atoms with van der Waals surface area (Å²) in [6.07, 6.45) is 0.991. The molecular formula is C28H34N2O2. The van der Waals surface area contributed by atoms with Crippen molar-refractivity contribution in [3.8, 4) is 0 Å². The lowest BCUT2D eigenvalue weighted by atomic mass is 10.00. The standard InChI is InChI=1S/C28H34N2O2/c1-20-11-6-7-13-24(20)19-30(21(2)27(32)29-28(3,4)5)26(31)18-17-23-15-10-14-22-12-8-9-16-25(22)23/h6-16,21H,17-19H2,1-5H3,(H,29,32). The second-order valence-corrected chi connectivity index (χ2v) is 9.50. The van der Waals surface area contributed by atoms with Gasteiger partial charge in [0, 0.05) is 18.5 Å².